The average molecular weight is 200 g/mol. The molecular weight excluding hydrogens is 187 g/mol. The maximum atomic E-state index is 5.35. The molecule has 0 saturated heterocycles. The first-order chi connectivity index (χ1) is 6.36. The summed E-state index contributed by atoms with van der Waals surface area (Å²) in [5.41, 5.74) is 1.11. The lowest BCUT2D eigenvalue weighted by molar-refractivity contribution is 0.199. The van der Waals surface area contributed by atoms with Crippen molar-refractivity contribution in [3.05, 3.63) is 35.9 Å². The van der Waals surface area contributed by atoms with Crippen LogP contribution in [0.5, 0.6) is 0 Å². The van der Waals surface area contributed by atoms with Crippen LogP contribution >= 0.6 is 8.60 Å². The second-order valence-electron chi connectivity index (χ2n) is 2.35. The molecular formula is C9H13O3P. The fourth-order valence-corrected chi connectivity index (χ4v) is 1.50. The predicted molar refractivity (Wildman–Crippen MR) is 52.2 cm³/mol. The van der Waals surface area contributed by atoms with Gasteiger partial charge < -0.3 is 13.6 Å². The van der Waals surface area contributed by atoms with E-state index in [4.69, 9.17) is 13.6 Å². The van der Waals surface area contributed by atoms with Gasteiger partial charge in [0, 0.05) is 14.2 Å². The van der Waals surface area contributed by atoms with Crippen molar-refractivity contribution in [1.82, 2.24) is 0 Å². The molecule has 1 aromatic carbocycles. The molecule has 13 heavy (non-hydrogen) atoms. The largest absolute Gasteiger partial charge is 0.332 e. The standard InChI is InChI=1S/C9H13O3P/c1-10-13(11-2)12-8-9-6-4-3-5-7-9/h3-7H,8H2,1-2H3. The molecule has 0 aromatic heterocycles. The normalized spacial score (nSPS) is 10.7. The molecule has 0 N–H and O–H groups in total. The molecule has 72 valence electrons. The van der Waals surface area contributed by atoms with Gasteiger partial charge >= 0.3 is 8.60 Å². The molecule has 0 aliphatic rings. The summed E-state index contributed by atoms with van der Waals surface area (Å²) in [4.78, 5) is 0. The Kier molecular flexibility index (Phi) is 4.94. The van der Waals surface area contributed by atoms with Crippen LogP contribution in [-0.2, 0) is 20.2 Å². The van der Waals surface area contributed by atoms with Gasteiger partial charge in [-0.15, -0.1) is 0 Å². The van der Waals surface area contributed by atoms with Crippen LogP contribution in [0.4, 0.5) is 0 Å². The minimum absolute atomic E-state index is 0.522. The Morgan fingerprint density at radius 2 is 1.69 bits per heavy atom. The van der Waals surface area contributed by atoms with Crippen molar-refractivity contribution in [2.24, 2.45) is 0 Å². The van der Waals surface area contributed by atoms with Crippen molar-refractivity contribution in [2.45, 2.75) is 6.61 Å². The van der Waals surface area contributed by atoms with E-state index in [1.54, 1.807) is 14.2 Å². The molecule has 0 aliphatic heterocycles. The van der Waals surface area contributed by atoms with E-state index in [1.165, 1.54) is 0 Å². The van der Waals surface area contributed by atoms with Crippen molar-refractivity contribution in [3.8, 4) is 0 Å². The Morgan fingerprint density at radius 3 is 2.23 bits per heavy atom. The minimum Gasteiger partial charge on any atom is -0.316 e. The van der Waals surface area contributed by atoms with E-state index in [0.717, 1.165) is 5.56 Å². The lowest BCUT2D eigenvalue weighted by Crippen LogP contribution is -1.90. The van der Waals surface area contributed by atoms with E-state index in [-0.39, 0.29) is 0 Å². The predicted octanol–water partition coefficient (Wildman–Crippen LogP) is 2.72. The van der Waals surface area contributed by atoms with Gasteiger partial charge in [-0.05, 0) is 5.56 Å². The number of hydrogen-bond donors (Lipinski definition) is 0. The van der Waals surface area contributed by atoms with E-state index >= 15 is 0 Å². The number of hydrogen-bond acceptors (Lipinski definition) is 3. The zero-order valence-electron chi connectivity index (χ0n) is 7.77. The van der Waals surface area contributed by atoms with Crippen LogP contribution < -0.4 is 0 Å². The summed E-state index contributed by atoms with van der Waals surface area (Å²) in [5.74, 6) is 0. The monoisotopic (exact) mass is 200 g/mol. The van der Waals surface area contributed by atoms with Crippen LogP contribution in [-0.4, -0.2) is 14.2 Å². The van der Waals surface area contributed by atoms with Gasteiger partial charge in [-0.25, -0.2) is 0 Å². The molecule has 0 bridgehead atoms. The van der Waals surface area contributed by atoms with Gasteiger partial charge in [0.25, 0.3) is 0 Å². The third-order valence-electron chi connectivity index (χ3n) is 1.48. The lowest BCUT2D eigenvalue weighted by atomic mass is 10.2. The molecule has 0 heterocycles. The van der Waals surface area contributed by atoms with E-state index in [2.05, 4.69) is 0 Å². The van der Waals surface area contributed by atoms with Crippen LogP contribution in [0.1, 0.15) is 5.56 Å². The van der Waals surface area contributed by atoms with E-state index < -0.39 is 8.60 Å². The first-order valence-corrected chi connectivity index (χ1v) is 5.01. The smallest absolute Gasteiger partial charge is 0.316 e. The van der Waals surface area contributed by atoms with Gasteiger partial charge in [0.15, 0.2) is 0 Å². The zero-order valence-corrected chi connectivity index (χ0v) is 8.66. The SMILES string of the molecule is COP(OC)OCc1ccccc1. The van der Waals surface area contributed by atoms with Crippen molar-refractivity contribution in [3.63, 3.8) is 0 Å². The molecule has 0 radical (unpaired) electrons. The third-order valence-corrected chi connectivity index (χ3v) is 2.41. The van der Waals surface area contributed by atoms with Crippen LogP contribution in [0.3, 0.4) is 0 Å². The third kappa shape index (κ3) is 3.83. The van der Waals surface area contributed by atoms with Crippen LogP contribution in [0, 0.1) is 0 Å². The van der Waals surface area contributed by atoms with Crippen LogP contribution in [0.25, 0.3) is 0 Å². The summed E-state index contributed by atoms with van der Waals surface area (Å²) in [6.45, 7) is 0.522. The minimum atomic E-state index is -1.18. The van der Waals surface area contributed by atoms with Gasteiger partial charge in [0.2, 0.25) is 0 Å². The van der Waals surface area contributed by atoms with Gasteiger partial charge in [0.05, 0.1) is 6.61 Å². The fraction of sp³-hybridized carbons (Fsp3) is 0.333. The highest BCUT2D eigenvalue weighted by Crippen LogP contribution is 2.38. The fourth-order valence-electron chi connectivity index (χ4n) is 0.881. The molecule has 0 amide bonds. The lowest BCUT2D eigenvalue weighted by Gasteiger charge is -2.11. The molecule has 3 nitrogen and oxygen atoms in total. The first-order valence-electron chi connectivity index (χ1n) is 3.92. The average Bonchev–Trinajstić information content (AvgIpc) is 2.21. The van der Waals surface area contributed by atoms with Gasteiger partial charge in [0.1, 0.15) is 0 Å². The first kappa shape index (κ1) is 10.6. The summed E-state index contributed by atoms with van der Waals surface area (Å²) in [7, 11) is 1.96. The summed E-state index contributed by atoms with van der Waals surface area (Å²) in [6.07, 6.45) is 0. The Morgan fingerprint density at radius 1 is 1.08 bits per heavy atom. The summed E-state index contributed by atoms with van der Waals surface area (Å²) in [5, 5.41) is 0. The Labute approximate surface area is 79.6 Å². The van der Waals surface area contributed by atoms with Crippen molar-refractivity contribution >= 4 is 8.60 Å². The van der Waals surface area contributed by atoms with Crippen LogP contribution in [0.15, 0.2) is 30.3 Å². The Balaban J connectivity index is 2.34. The molecule has 0 fully saturated rings. The molecule has 0 unspecified atom stereocenters. The molecule has 1 aromatic rings. The second-order valence-corrected chi connectivity index (χ2v) is 3.78. The zero-order chi connectivity index (χ0) is 9.52. The quantitative estimate of drug-likeness (QED) is 0.684. The highest BCUT2D eigenvalue weighted by atomic mass is 31.2. The summed E-state index contributed by atoms with van der Waals surface area (Å²) < 4.78 is 15.2. The topological polar surface area (TPSA) is 27.7 Å². The molecule has 4 heteroatoms. The van der Waals surface area contributed by atoms with Gasteiger partial charge in [-0.2, -0.15) is 0 Å². The highest BCUT2D eigenvalue weighted by molar-refractivity contribution is 7.41. The van der Waals surface area contributed by atoms with Gasteiger partial charge in [-0.1, -0.05) is 30.3 Å². The van der Waals surface area contributed by atoms with E-state index in [9.17, 15) is 0 Å². The molecule has 0 saturated carbocycles. The van der Waals surface area contributed by atoms with Gasteiger partial charge in [-0.3, -0.25) is 0 Å². The maximum Gasteiger partial charge on any atom is 0.332 e. The maximum absolute atomic E-state index is 5.35. The number of benzene rings is 1. The Bertz CT molecular complexity index is 224. The second kappa shape index (κ2) is 6.06. The van der Waals surface area contributed by atoms with Crippen molar-refractivity contribution in [2.75, 3.05) is 14.2 Å². The number of rotatable bonds is 5. The molecule has 0 spiro atoms. The summed E-state index contributed by atoms with van der Waals surface area (Å²) in [6, 6.07) is 9.91. The Hall–Kier alpha value is -0.470. The molecule has 0 atom stereocenters. The molecule has 1 rings (SSSR count). The van der Waals surface area contributed by atoms with Crippen molar-refractivity contribution < 1.29 is 13.6 Å². The van der Waals surface area contributed by atoms with Crippen LogP contribution in [0.2, 0.25) is 0 Å². The summed E-state index contributed by atoms with van der Waals surface area (Å²) >= 11 is 0. The molecule has 0 aliphatic carbocycles. The van der Waals surface area contributed by atoms with Crippen molar-refractivity contribution in [1.29, 1.82) is 0 Å². The highest BCUT2D eigenvalue weighted by Gasteiger charge is 2.06. The van der Waals surface area contributed by atoms with E-state index in [0.29, 0.717) is 6.61 Å². The van der Waals surface area contributed by atoms with E-state index in [1.807, 2.05) is 30.3 Å².